The molecule has 20 heavy (non-hydrogen) atoms. The van der Waals surface area contributed by atoms with E-state index in [4.69, 9.17) is 5.26 Å². The van der Waals surface area contributed by atoms with Gasteiger partial charge >= 0.3 is 0 Å². The normalized spacial score (nSPS) is 22.7. The number of nitrogens with zero attached hydrogens (tertiary/aromatic N) is 1. The molecular formula is C18H26N2. The van der Waals surface area contributed by atoms with Crippen LogP contribution in [0, 0.1) is 23.2 Å². The first-order valence-corrected chi connectivity index (χ1v) is 7.89. The molecule has 2 nitrogen and oxygen atoms in total. The Morgan fingerprint density at radius 3 is 2.95 bits per heavy atom. The van der Waals surface area contributed by atoms with Crippen LogP contribution in [0.2, 0.25) is 0 Å². The van der Waals surface area contributed by atoms with E-state index in [2.05, 4.69) is 31.3 Å². The van der Waals surface area contributed by atoms with E-state index in [1.807, 2.05) is 18.2 Å². The van der Waals surface area contributed by atoms with Crippen LogP contribution in [0.4, 0.5) is 0 Å². The number of benzene rings is 1. The summed E-state index contributed by atoms with van der Waals surface area (Å²) in [5, 5.41) is 12.6. The molecule has 2 atom stereocenters. The van der Waals surface area contributed by atoms with Crippen LogP contribution in [-0.4, -0.2) is 6.04 Å². The lowest BCUT2D eigenvalue weighted by atomic mass is 9.81. The Balaban J connectivity index is 1.82. The average Bonchev–Trinajstić information content (AvgIpc) is 2.45. The molecule has 0 radical (unpaired) electrons. The van der Waals surface area contributed by atoms with Crippen LogP contribution in [-0.2, 0) is 6.54 Å². The minimum absolute atomic E-state index is 0.651. The Bertz CT molecular complexity index is 459. The van der Waals surface area contributed by atoms with Crippen molar-refractivity contribution in [3.8, 4) is 6.07 Å². The van der Waals surface area contributed by atoms with Gasteiger partial charge in [-0.25, -0.2) is 0 Å². The highest BCUT2D eigenvalue weighted by Gasteiger charge is 2.22. The first-order chi connectivity index (χ1) is 9.67. The van der Waals surface area contributed by atoms with Crippen LogP contribution in [0.1, 0.15) is 57.1 Å². The molecule has 1 fully saturated rings. The summed E-state index contributed by atoms with van der Waals surface area (Å²) in [6.07, 6.45) is 6.73. The van der Waals surface area contributed by atoms with Gasteiger partial charge in [0.05, 0.1) is 11.6 Å². The Kier molecular flexibility index (Phi) is 5.61. The summed E-state index contributed by atoms with van der Waals surface area (Å²) in [6, 6.07) is 10.8. The molecule has 1 aliphatic rings. The second kappa shape index (κ2) is 7.45. The zero-order valence-electron chi connectivity index (χ0n) is 12.7. The van der Waals surface area contributed by atoms with Crippen molar-refractivity contribution in [3.05, 3.63) is 35.4 Å². The molecule has 1 saturated carbocycles. The van der Waals surface area contributed by atoms with Gasteiger partial charge in [-0.1, -0.05) is 38.8 Å². The molecule has 1 aromatic carbocycles. The zero-order chi connectivity index (χ0) is 14.4. The van der Waals surface area contributed by atoms with Gasteiger partial charge < -0.3 is 5.32 Å². The predicted molar refractivity (Wildman–Crippen MR) is 83.2 cm³/mol. The van der Waals surface area contributed by atoms with Crippen LogP contribution >= 0.6 is 0 Å². The Hall–Kier alpha value is -1.33. The van der Waals surface area contributed by atoms with Crippen LogP contribution in [0.25, 0.3) is 0 Å². The van der Waals surface area contributed by atoms with Gasteiger partial charge in [-0.2, -0.15) is 5.26 Å². The fourth-order valence-corrected chi connectivity index (χ4v) is 3.37. The van der Waals surface area contributed by atoms with Crippen LogP contribution in [0.5, 0.6) is 0 Å². The van der Waals surface area contributed by atoms with E-state index in [-0.39, 0.29) is 0 Å². The van der Waals surface area contributed by atoms with Gasteiger partial charge in [0.25, 0.3) is 0 Å². The molecule has 0 spiro atoms. The molecule has 0 saturated heterocycles. The Morgan fingerprint density at radius 1 is 1.35 bits per heavy atom. The predicted octanol–water partition coefficient (Wildman–Crippen LogP) is 4.25. The largest absolute Gasteiger partial charge is 0.310 e. The Labute approximate surface area is 123 Å². The fourth-order valence-electron chi connectivity index (χ4n) is 3.37. The Morgan fingerprint density at radius 2 is 2.20 bits per heavy atom. The molecule has 0 aromatic heterocycles. The number of hydrogen-bond donors (Lipinski definition) is 1. The second-order valence-electron chi connectivity index (χ2n) is 6.55. The maximum absolute atomic E-state index is 8.93. The number of hydrogen-bond acceptors (Lipinski definition) is 2. The molecule has 1 N–H and O–H groups in total. The summed E-state index contributed by atoms with van der Waals surface area (Å²) < 4.78 is 0. The third-order valence-electron chi connectivity index (χ3n) is 4.24. The van der Waals surface area contributed by atoms with Gasteiger partial charge in [-0.3, -0.25) is 0 Å². The average molecular weight is 270 g/mol. The van der Waals surface area contributed by atoms with E-state index in [9.17, 15) is 0 Å². The van der Waals surface area contributed by atoms with Crippen LogP contribution in [0.15, 0.2) is 24.3 Å². The minimum atomic E-state index is 0.651. The number of nitrogens with one attached hydrogen (secondary N) is 1. The van der Waals surface area contributed by atoms with Crippen molar-refractivity contribution in [1.29, 1.82) is 5.26 Å². The highest BCUT2D eigenvalue weighted by atomic mass is 14.9. The molecule has 0 aliphatic heterocycles. The molecule has 2 unspecified atom stereocenters. The van der Waals surface area contributed by atoms with Crippen LogP contribution in [0.3, 0.4) is 0 Å². The second-order valence-corrected chi connectivity index (χ2v) is 6.55. The highest BCUT2D eigenvalue weighted by Crippen LogP contribution is 2.29. The molecule has 2 rings (SSSR count). The van der Waals surface area contributed by atoms with E-state index in [1.54, 1.807) is 0 Å². The van der Waals surface area contributed by atoms with Crippen molar-refractivity contribution >= 4 is 0 Å². The summed E-state index contributed by atoms with van der Waals surface area (Å²) in [5.74, 6) is 1.71. The van der Waals surface area contributed by atoms with Gasteiger partial charge in [0.15, 0.2) is 0 Å². The summed E-state index contributed by atoms with van der Waals surface area (Å²) in [5.41, 5.74) is 1.97. The minimum Gasteiger partial charge on any atom is -0.310 e. The van der Waals surface area contributed by atoms with Crippen molar-refractivity contribution in [3.63, 3.8) is 0 Å². The SMILES string of the molecule is CC(C)CC1CCCC(NCc2cccc(C#N)c2)C1. The first kappa shape index (κ1) is 15.1. The molecule has 1 aliphatic carbocycles. The van der Waals surface area contributed by atoms with E-state index in [0.717, 1.165) is 23.9 Å². The third kappa shape index (κ3) is 4.65. The van der Waals surface area contributed by atoms with E-state index >= 15 is 0 Å². The topological polar surface area (TPSA) is 35.8 Å². The lowest BCUT2D eigenvalue weighted by Gasteiger charge is -2.31. The van der Waals surface area contributed by atoms with E-state index in [1.165, 1.54) is 37.7 Å². The smallest absolute Gasteiger partial charge is 0.0991 e. The fraction of sp³-hybridized carbons (Fsp3) is 0.611. The first-order valence-electron chi connectivity index (χ1n) is 7.89. The maximum atomic E-state index is 8.93. The summed E-state index contributed by atoms with van der Waals surface area (Å²) in [6.45, 7) is 5.53. The molecule has 2 heteroatoms. The van der Waals surface area contributed by atoms with Gasteiger partial charge in [-0.05, 0) is 48.8 Å². The van der Waals surface area contributed by atoms with Crippen molar-refractivity contribution in [1.82, 2.24) is 5.32 Å². The van der Waals surface area contributed by atoms with E-state index < -0.39 is 0 Å². The summed E-state index contributed by atoms with van der Waals surface area (Å²) in [4.78, 5) is 0. The molecule has 0 amide bonds. The van der Waals surface area contributed by atoms with Gasteiger partial charge in [0.1, 0.15) is 0 Å². The molecule has 0 bridgehead atoms. The number of rotatable bonds is 5. The maximum Gasteiger partial charge on any atom is 0.0991 e. The summed E-state index contributed by atoms with van der Waals surface area (Å²) in [7, 11) is 0. The van der Waals surface area contributed by atoms with Crippen molar-refractivity contribution in [2.24, 2.45) is 11.8 Å². The highest BCUT2D eigenvalue weighted by molar-refractivity contribution is 5.32. The third-order valence-corrected chi connectivity index (χ3v) is 4.24. The zero-order valence-corrected chi connectivity index (χ0v) is 12.7. The van der Waals surface area contributed by atoms with Crippen molar-refractivity contribution in [2.75, 3.05) is 0 Å². The van der Waals surface area contributed by atoms with E-state index in [0.29, 0.717) is 6.04 Å². The monoisotopic (exact) mass is 270 g/mol. The molecule has 0 heterocycles. The summed E-state index contributed by atoms with van der Waals surface area (Å²) >= 11 is 0. The lowest BCUT2D eigenvalue weighted by Crippen LogP contribution is -2.34. The van der Waals surface area contributed by atoms with Crippen molar-refractivity contribution in [2.45, 2.75) is 58.5 Å². The standard InChI is InChI=1S/C18H26N2/c1-14(2)9-15-5-4-8-18(11-15)20-13-17-7-3-6-16(10-17)12-19/h3,6-7,10,14-15,18,20H,4-5,8-9,11,13H2,1-2H3. The molecule has 108 valence electrons. The van der Waals surface area contributed by atoms with Crippen molar-refractivity contribution < 1.29 is 0 Å². The number of nitriles is 1. The molecular weight excluding hydrogens is 244 g/mol. The molecule has 1 aromatic rings. The quantitative estimate of drug-likeness (QED) is 0.868. The van der Waals surface area contributed by atoms with Crippen LogP contribution < -0.4 is 5.32 Å². The van der Waals surface area contributed by atoms with Gasteiger partial charge in [-0.15, -0.1) is 0 Å². The lowest BCUT2D eigenvalue weighted by molar-refractivity contribution is 0.252. The van der Waals surface area contributed by atoms with Gasteiger partial charge in [0, 0.05) is 12.6 Å². The van der Waals surface area contributed by atoms with Gasteiger partial charge in [0.2, 0.25) is 0 Å².